The van der Waals surface area contributed by atoms with E-state index >= 15 is 0 Å². The van der Waals surface area contributed by atoms with Crippen molar-refractivity contribution in [3.8, 4) is 0 Å². The van der Waals surface area contributed by atoms with Gasteiger partial charge in [-0.1, -0.05) is 32.6 Å². The van der Waals surface area contributed by atoms with Gasteiger partial charge in [0.15, 0.2) is 0 Å². The Morgan fingerprint density at radius 1 is 1.05 bits per heavy atom. The SMILES string of the molecule is CCCCCCC(C=O)C(O)(C(=O)OCC)C(=O)OCC. The molecule has 21 heavy (non-hydrogen) atoms. The molecule has 1 atom stereocenters. The van der Waals surface area contributed by atoms with Gasteiger partial charge in [-0.05, 0) is 20.3 Å². The quantitative estimate of drug-likeness (QED) is 0.270. The molecule has 0 aromatic heterocycles. The molecule has 0 amide bonds. The molecule has 122 valence electrons. The summed E-state index contributed by atoms with van der Waals surface area (Å²) in [6.07, 6.45) is 4.17. The van der Waals surface area contributed by atoms with Crippen LogP contribution in [0.25, 0.3) is 0 Å². The van der Waals surface area contributed by atoms with Crippen LogP contribution in [0.2, 0.25) is 0 Å². The summed E-state index contributed by atoms with van der Waals surface area (Å²) in [5.41, 5.74) is -2.56. The summed E-state index contributed by atoms with van der Waals surface area (Å²) in [4.78, 5) is 35.1. The summed E-state index contributed by atoms with van der Waals surface area (Å²) in [7, 11) is 0. The van der Waals surface area contributed by atoms with Crippen LogP contribution in [0, 0.1) is 5.92 Å². The summed E-state index contributed by atoms with van der Waals surface area (Å²) >= 11 is 0. The fourth-order valence-electron chi connectivity index (χ4n) is 2.03. The molecule has 0 aliphatic rings. The number of carbonyl (C=O) groups excluding carboxylic acids is 3. The number of carbonyl (C=O) groups is 3. The third kappa shape index (κ3) is 5.46. The first-order valence-electron chi connectivity index (χ1n) is 7.50. The molecule has 0 aromatic rings. The molecule has 0 heterocycles. The van der Waals surface area contributed by atoms with Gasteiger partial charge < -0.3 is 19.4 Å². The van der Waals surface area contributed by atoms with E-state index < -0.39 is 23.5 Å². The number of aliphatic hydroxyl groups is 1. The van der Waals surface area contributed by atoms with E-state index in [1.165, 1.54) is 0 Å². The number of ether oxygens (including phenoxy) is 2. The van der Waals surface area contributed by atoms with E-state index in [9.17, 15) is 19.5 Å². The van der Waals surface area contributed by atoms with E-state index in [0.29, 0.717) is 12.7 Å². The molecule has 0 fully saturated rings. The Bertz CT molecular complexity index is 321. The van der Waals surface area contributed by atoms with E-state index in [0.717, 1.165) is 19.3 Å². The van der Waals surface area contributed by atoms with Crippen LogP contribution in [0.5, 0.6) is 0 Å². The number of aldehydes is 1. The third-order valence-electron chi connectivity index (χ3n) is 3.24. The van der Waals surface area contributed by atoms with Gasteiger partial charge in [0, 0.05) is 0 Å². The zero-order valence-corrected chi connectivity index (χ0v) is 13.1. The van der Waals surface area contributed by atoms with Gasteiger partial charge in [0.25, 0.3) is 5.60 Å². The first-order valence-corrected chi connectivity index (χ1v) is 7.50. The minimum Gasteiger partial charge on any atom is -0.463 e. The maximum atomic E-state index is 11.9. The molecule has 0 bridgehead atoms. The number of rotatable bonds is 11. The van der Waals surface area contributed by atoms with Crippen molar-refractivity contribution in [3.05, 3.63) is 0 Å². The van der Waals surface area contributed by atoms with Gasteiger partial charge in [-0.15, -0.1) is 0 Å². The molecule has 1 unspecified atom stereocenters. The van der Waals surface area contributed by atoms with E-state index in [4.69, 9.17) is 9.47 Å². The van der Waals surface area contributed by atoms with Gasteiger partial charge in [0.2, 0.25) is 0 Å². The summed E-state index contributed by atoms with van der Waals surface area (Å²) in [5, 5.41) is 10.4. The van der Waals surface area contributed by atoms with Crippen LogP contribution in [0.1, 0.15) is 52.9 Å². The molecule has 0 rings (SSSR count). The predicted octanol–water partition coefficient (Wildman–Crippen LogP) is 1.63. The molecule has 0 saturated carbocycles. The molecular formula is C15H26O6. The van der Waals surface area contributed by atoms with Gasteiger partial charge in [0.1, 0.15) is 6.29 Å². The lowest BCUT2D eigenvalue weighted by Gasteiger charge is -2.28. The fourth-order valence-corrected chi connectivity index (χ4v) is 2.03. The molecule has 1 N–H and O–H groups in total. The van der Waals surface area contributed by atoms with Gasteiger partial charge >= 0.3 is 11.9 Å². The molecule has 6 heteroatoms. The highest BCUT2D eigenvalue weighted by Gasteiger charge is 2.53. The zero-order valence-electron chi connectivity index (χ0n) is 13.1. The molecule has 0 aliphatic heterocycles. The molecule has 6 nitrogen and oxygen atoms in total. The lowest BCUT2D eigenvalue weighted by atomic mass is 9.84. The maximum Gasteiger partial charge on any atom is 0.350 e. The monoisotopic (exact) mass is 302 g/mol. The Morgan fingerprint density at radius 2 is 1.57 bits per heavy atom. The largest absolute Gasteiger partial charge is 0.463 e. The fraction of sp³-hybridized carbons (Fsp3) is 0.800. The lowest BCUT2D eigenvalue weighted by molar-refractivity contribution is -0.190. The average Bonchev–Trinajstić information content (AvgIpc) is 2.47. The highest BCUT2D eigenvalue weighted by Crippen LogP contribution is 2.25. The van der Waals surface area contributed by atoms with Crippen molar-refractivity contribution in [1.82, 2.24) is 0 Å². The number of esters is 2. The Hall–Kier alpha value is -1.43. The van der Waals surface area contributed by atoms with Crippen molar-refractivity contribution in [2.45, 2.75) is 58.5 Å². The van der Waals surface area contributed by atoms with Crippen LogP contribution in [-0.2, 0) is 23.9 Å². The number of hydrogen-bond acceptors (Lipinski definition) is 6. The first kappa shape index (κ1) is 19.6. The highest BCUT2D eigenvalue weighted by atomic mass is 16.6. The number of hydrogen-bond donors (Lipinski definition) is 1. The topological polar surface area (TPSA) is 89.9 Å². The van der Waals surface area contributed by atoms with Crippen LogP contribution in [0.3, 0.4) is 0 Å². The van der Waals surface area contributed by atoms with Crippen LogP contribution in [0.15, 0.2) is 0 Å². The Balaban J connectivity index is 5.08. The van der Waals surface area contributed by atoms with Crippen molar-refractivity contribution in [3.63, 3.8) is 0 Å². The molecule has 0 aromatic carbocycles. The Kier molecular flexibility index (Phi) is 9.62. The van der Waals surface area contributed by atoms with E-state index in [1.807, 2.05) is 6.92 Å². The van der Waals surface area contributed by atoms with Crippen molar-refractivity contribution in [2.75, 3.05) is 13.2 Å². The maximum absolute atomic E-state index is 11.9. The van der Waals surface area contributed by atoms with Crippen molar-refractivity contribution in [2.24, 2.45) is 5.92 Å². The molecule has 0 radical (unpaired) electrons. The standard InChI is InChI=1S/C15H26O6/c1-4-7-8-9-10-12(11-16)15(19,13(17)20-5-2)14(18)21-6-3/h11-12,19H,4-10H2,1-3H3. The predicted molar refractivity (Wildman–Crippen MR) is 76.5 cm³/mol. The Labute approximate surface area is 125 Å². The van der Waals surface area contributed by atoms with Gasteiger partial charge in [-0.2, -0.15) is 0 Å². The van der Waals surface area contributed by atoms with Crippen molar-refractivity contribution < 1.29 is 29.0 Å². The van der Waals surface area contributed by atoms with Crippen LogP contribution >= 0.6 is 0 Å². The minimum atomic E-state index is -2.56. The second-order valence-corrected chi connectivity index (χ2v) is 4.80. The summed E-state index contributed by atoms with van der Waals surface area (Å²) in [5.74, 6) is -3.42. The normalized spacial score (nSPS) is 12.6. The second-order valence-electron chi connectivity index (χ2n) is 4.80. The van der Waals surface area contributed by atoms with Gasteiger partial charge in [0.05, 0.1) is 19.1 Å². The van der Waals surface area contributed by atoms with E-state index in [-0.39, 0.29) is 19.6 Å². The molecular weight excluding hydrogens is 276 g/mol. The summed E-state index contributed by atoms with van der Waals surface area (Å²) in [6, 6.07) is 0. The number of unbranched alkanes of at least 4 members (excludes halogenated alkanes) is 3. The van der Waals surface area contributed by atoms with Gasteiger partial charge in [-0.3, -0.25) is 0 Å². The zero-order chi connectivity index (χ0) is 16.3. The van der Waals surface area contributed by atoms with E-state index in [2.05, 4.69) is 0 Å². The van der Waals surface area contributed by atoms with Crippen LogP contribution < -0.4 is 0 Å². The highest BCUT2D eigenvalue weighted by molar-refractivity contribution is 6.05. The molecule has 0 spiro atoms. The first-order chi connectivity index (χ1) is 9.98. The van der Waals surface area contributed by atoms with Crippen molar-refractivity contribution in [1.29, 1.82) is 0 Å². The summed E-state index contributed by atoms with van der Waals surface area (Å²) in [6.45, 7) is 5.16. The lowest BCUT2D eigenvalue weighted by Crippen LogP contribution is -2.55. The third-order valence-corrected chi connectivity index (χ3v) is 3.24. The molecule has 0 aliphatic carbocycles. The summed E-state index contributed by atoms with van der Waals surface area (Å²) < 4.78 is 9.47. The van der Waals surface area contributed by atoms with E-state index in [1.54, 1.807) is 13.8 Å². The second kappa shape index (κ2) is 10.3. The molecule has 0 saturated heterocycles. The van der Waals surface area contributed by atoms with Crippen LogP contribution in [-0.4, -0.2) is 42.1 Å². The van der Waals surface area contributed by atoms with Crippen molar-refractivity contribution >= 4 is 18.2 Å². The minimum absolute atomic E-state index is 0.00194. The van der Waals surface area contributed by atoms with Crippen LogP contribution in [0.4, 0.5) is 0 Å². The Morgan fingerprint density at radius 3 is 1.95 bits per heavy atom. The van der Waals surface area contributed by atoms with Gasteiger partial charge in [-0.25, -0.2) is 9.59 Å². The average molecular weight is 302 g/mol. The smallest absolute Gasteiger partial charge is 0.350 e.